The van der Waals surface area contributed by atoms with Crippen LogP contribution in [0.5, 0.6) is 0 Å². The van der Waals surface area contributed by atoms with Crippen molar-refractivity contribution >= 4 is 45.7 Å². The molecule has 1 heterocycles. The molecule has 0 bridgehead atoms. The van der Waals surface area contributed by atoms with Crippen molar-refractivity contribution in [2.45, 2.75) is 121 Å². The van der Waals surface area contributed by atoms with Crippen LogP contribution in [-0.4, -0.2) is 16.5 Å². The normalized spacial score (nSPS) is 23.3. The molecule has 3 nitrogen and oxygen atoms in total. The average molecular weight is 792 g/mol. The SMILES string of the molecule is IN(I)C1CCCCCC1.[Pt]=[c]1n(C2CCCCC2)ccn1C1CCCCC1. The fourth-order valence-corrected chi connectivity index (χ4v) is 7.37. The van der Waals surface area contributed by atoms with Gasteiger partial charge in [0, 0.05) is 51.8 Å². The monoisotopic (exact) mass is 792 g/mol. The van der Waals surface area contributed by atoms with Gasteiger partial charge in [0.05, 0.1) is 0 Å². The fraction of sp³-hybridized carbons (Fsp3) is 0.864. The molecule has 0 radical (unpaired) electrons. The van der Waals surface area contributed by atoms with Gasteiger partial charge < -0.3 is 0 Å². The molecule has 28 heavy (non-hydrogen) atoms. The molecule has 0 N–H and O–H groups in total. The molecule has 0 atom stereocenters. The summed E-state index contributed by atoms with van der Waals surface area (Å²) >= 11 is 7.35. The van der Waals surface area contributed by atoms with Gasteiger partial charge in [-0.3, -0.25) is 0 Å². The van der Waals surface area contributed by atoms with Crippen molar-refractivity contribution in [2.75, 3.05) is 0 Å². The first-order valence-electron chi connectivity index (χ1n) is 11.5. The third kappa shape index (κ3) is 7.18. The quantitative estimate of drug-likeness (QED) is 0.172. The van der Waals surface area contributed by atoms with Crippen LogP contribution in [0, 0.1) is 3.80 Å². The Bertz CT molecular complexity index is 569. The zero-order chi connectivity index (χ0) is 19.8. The molecule has 0 unspecified atom stereocenters. The summed E-state index contributed by atoms with van der Waals surface area (Å²) in [6.45, 7) is 0. The van der Waals surface area contributed by atoms with E-state index in [2.05, 4.69) is 87.9 Å². The molecule has 0 aliphatic heterocycles. The van der Waals surface area contributed by atoms with Crippen molar-refractivity contribution in [1.82, 2.24) is 10.5 Å². The molecule has 0 amide bonds. The standard InChI is InChI=1S/C15H24N2.C7H13I2N.Pt/c1-3-7-14(8-4-1)16-11-12-17(13-16)15-9-5-2-6-10-15;8-10(9)7-5-3-1-2-4-6-7;/h11-12,14-15H,1-10H2;7H,1-6H2;. The third-order valence-corrected chi connectivity index (χ3v) is 9.57. The van der Waals surface area contributed by atoms with Gasteiger partial charge >= 0.3 is 121 Å². The van der Waals surface area contributed by atoms with E-state index >= 15 is 0 Å². The Morgan fingerprint density at radius 3 is 1.39 bits per heavy atom. The molecule has 0 spiro atoms. The molecule has 3 saturated carbocycles. The zero-order valence-electron chi connectivity index (χ0n) is 17.1. The van der Waals surface area contributed by atoms with Crippen molar-refractivity contribution < 1.29 is 19.4 Å². The second-order valence-electron chi connectivity index (χ2n) is 8.84. The molecule has 0 saturated heterocycles. The second kappa shape index (κ2) is 13.0. The molecule has 1 aromatic rings. The molecule has 164 valence electrons. The minimum absolute atomic E-state index is 0.774. The molecule has 0 aromatic carbocycles. The third-order valence-electron chi connectivity index (χ3n) is 6.82. The van der Waals surface area contributed by atoms with E-state index in [1.165, 1.54) is 107 Å². The summed E-state index contributed by atoms with van der Waals surface area (Å²) in [6, 6.07) is 2.40. The maximum atomic E-state index is 2.55. The van der Waals surface area contributed by atoms with Crippen molar-refractivity contribution in [1.29, 1.82) is 0 Å². The van der Waals surface area contributed by atoms with Gasteiger partial charge in [0.1, 0.15) is 0 Å². The van der Waals surface area contributed by atoms with Crippen LogP contribution in [-0.2, 0) is 19.4 Å². The van der Waals surface area contributed by atoms with Gasteiger partial charge in [-0.2, -0.15) is 1.33 Å². The van der Waals surface area contributed by atoms with E-state index in [9.17, 15) is 0 Å². The Labute approximate surface area is 210 Å². The van der Waals surface area contributed by atoms with Crippen molar-refractivity contribution in [3.8, 4) is 0 Å². The van der Waals surface area contributed by atoms with Crippen LogP contribution in [0.4, 0.5) is 0 Å². The first kappa shape index (κ1) is 24.0. The van der Waals surface area contributed by atoms with Gasteiger partial charge in [-0.05, 0) is 12.8 Å². The summed E-state index contributed by atoms with van der Waals surface area (Å²) < 4.78 is 8.89. The van der Waals surface area contributed by atoms with Crippen LogP contribution in [0.15, 0.2) is 12.4 Å². The Morgan fingerprint density at radius 2 is 1.00 bits per heavy atom. The van der Waals surface area contributed by atoms with Crippen molar-refractivity contribution in [3.05, 3.63) is 16.2 Å². The number of hydrogen-bond donors (Lipinski definition) is 0. The van der Waals surface area contributed by atoms with Gasteiger partial charge in [-0.1, -0.05) is 25.7 Å². The number of hydrogen-bond acceptors (Lipinski definition) is 1. The molecular formula is C22H37I2N3Pt. The van der Waals surface area contributed by atoms with E-state index in [-0.39, 0.29) is 0 Å². The van der Waals surface area contributed by atoms with Crippen LogP contribution >= 0.6 is 45.7 Å². The number of nitrogens with zero attached hydrogens (tertiary/aromatic N) is 3. The van der Waals surface area contributed by atoms with Gasteiger partial charge in [0.25, 0.3) is 0 Å². The summed E-state index contributed by atoms with van der Waals surface area (Å²) in [6.07, 6.45) is 27.4. The zero-order valence-corrected chi connectivity index (χ0v) is 23.7. The van der Waals surface area contributed by atoms with Crippen molar-refractivity contribution in [3.63, 3.8) is 0 Å². The Balaban J connectivity index is 0.000000192. The predicted molar refractivity (Wildman–Crippen MR) is 131 cm³/mol. The van der Waals surface area contributed by atoms with E-state index in [1.54, 1.807) is 0 Å². The maximum absolute atomic E-state index is 2.55. The Hall–Kier alpha value is 1.32. The van der Waals surface area contributed by atoms with E-state index in [0.29, 0.717) is 0 Å². The van der Waals surface area contributed by atoms with Crippen LogP contribution < -0.4 is 0 Å². The number of rotatable bonds is 3. The number of aromatic nitrogens is 2. The van der Waals surface area contributed by atoms with Crippen LogP contribution in [0.2, 0.25) is 0 Å². The van der Waals surface area contributed by atoms with Crippen LogP contribution in [0.3, 0.4) is 0 Å². The summed E-state index contributed by atoms with van der Waals surface area (Å²) in [5.41, 5.74) is 0. The van der Waals surface area contributed by atoms with Gasteiger partial charge in [0.2, 0.25) is 0 Å². The Kier molecular flexibility index (Phi) is 11.1. The first-order valence-corrected chi connectivity index (χ1v) is 14.6. The number of imidazole rings is 1. The van der Waals surface area contributed by atoms with E-state index in [1.807, 2.05) is 0 Å². The summed E-state index contributed by atoms with van der Waals surface area (Å²) in [7, 11) is 0. The van der Waals surface area contributed by atoms with Crippen LogP contribution in [0.1, 0.15) is 115 Å². The van der Waals surface area contributed by atoms with E-state index in [4.69, 9.17) is 0 Å². The number of halogens is 2. The summed E-state index contributed by atoms with van der Waals surface area (Å²) in [5.74, 6) is 0. The topological polar surface area (TPSA) is 13.1 Å². The van der Waals surface area contributed by atoms with Gasteiger partial charge in [0.15, 0.2) is 0 Å². The molecule has 6 heteroatoms. The van der Waals surface area contributed by atoms with Gasteiger partial charge in [-0.25, -0.2) is 0 Å². The molecular weight excluding hydrogens is 755 g/mol. The molecule has 1 aromatic heterocycles. The van der Waals surface area contributed by atoms with E-state index in [0.717, 1.165) is 18.1 Å². The van der Waals surface area contributed by atoms with Crippen LogP contribution in [0.25, 0.3) is 0 Å². The average Bonchev–Trinajstić information content (AvgIpc) is 2.93. The second-order valence-corrected chi connectivity index (χ2v) is 13.8. The molecule has 3 aliphatic carbocycles. The molecule has 3 aliphatic rings. The van der Waals surface area contributed by atoms with E-state index < -0.39 is 0 Å². The van der Waals surface area contributed by atoms with Gasteiger partial charge in [-0.15, -0.1) is 0 Å². The summed E-state index contributed by atoms with van der Waals surface area (Å²) in [5, 5.41) is 0. The van der Waals surface area contributed by atoms with Crippen molar-refractivity contribution in [2.24, 2.45) is 0 Å². The molecule has 3 fully saturated rings. The fourth-order valence-electron chi connectivity index (χ4n) is 5.08. The minimum atomic E-state index is 0.774. The molecule has 4 rings (SSSR count). The summed E-state index contributed by atoms with van der Waals surface area (Å²) in [4.78, 5) is 0. The first-order chi connectivity index (χ1) is 13.7. The predicted octanol–water partition coefficient (Wildman–Crippen LogP) is 8.09. The Morgan fingerprint density at radius 1 is 0.643 bits per heavy atom.